The standard InChI is InChI=1S/C10H13NO3/c12-7-6-10(8-11(13)14)9-4-2-1-3-5-9/h1-5,10,12H,6-8H2/t10-/m1/s1. The third-order valence-electron chi connectivity index (χ3n) is 2.12. The summed E-state index contributed by atoms with van der Waals surface area (Å²) in [5, 5.41) is 19.2. The second-order valence-electron chi connectivity index (χ2n) is 3.14. The van der Waals surface area contributed by atoms with E-state index in [4.69, 9.17) is 5.11 Å². The second kappa shape index (κ2) is 5.34. The summed E-state index contributed by atoms with van der Waals surface area (Å²) in [6.45, 7) is -0.141. The molecule has 1 atom stereocenters. The maximum absolute atomic E-state index is 10.4. The minimum Gasteiger partial charge on any atom is -0.396 e. The van der Waals surface area contributed by atoms with E-state index in [1.807, 2.05) is 30.3 Å². The summed E-state index contributed by atoms with van der Waals surface area (Å²) in [6, 6.07) is 9.26. The molecule has 0 radical (unpaired) electrons. The molecule has 0 bridgehead atoms. The molecule has 1 aromatic carbocycles. The van der Waals surface area contributed by atoms with Crippen molar-refractivity contribution in [1.29, 1.82) is 0 Å². The fraction of sp³-hybridized carbons (Fsp3) is 0.400. The van der Waals surface area contributed by atoms with E-state index in [2.05, 4.69) is 0 Å². The van der Waals surface area contributed by atoms with Crippen molar-refractivity contribution in [1.82, 2.24) is 0 Å². The lowest BCUT2D eigenvalue weighted by atomic mass is 9.96. The predicted molar refractivity (Wildman–Crippen MR) is 52.7 cm³/mol. The Kier molecular flexibility index (Phi) is 4.07. The molecule has 14 heavy (non-hydrogen) atoms. The number of rotatable bonds is 5. The number of aliphatic hydroxyl groups is 1. The Labute approximate surface area is 82.3 Å². The van der Waals surface area contributed by atoms with Crippen molar-refractivity contribution in [2.75, 3.05) is 13.2 Å². The van der Waals surface area contributed by atoms with E-state index >= 15 is 0 Å². The van der Waals surface area contributed by atoms with Crippen LogP contribution in [0.3, 0.4) is 0 Å². The van der Waals surface area contributed by atoms with Crippen LogP contribution in [0.15, 0.2) is 30.3 Å². The maximum Gasteiger partial charge on any atom is 0.210 e. The van der Waals surface area contributed by atoms with Crippen LogP contribution in [0.1, 0.15) is 17.9 Å². The molecule has 1 rings (SSSR count). The van der Waals surface area contributed by atoms with E-state index in [9.17, 15) is 10.1 Å². The Morgan fingerprint density at radius 2 is 2.00 bits per heavy atom. The summed E-state index contributed by atoms with van der Waals surface area (Å²) in [7, 11) is 0. The van der Waals surface area contributed by atoms with Gasteiger partial charge in [-0.2, -0.15) is 0 Å². The van der Waals surface area contributed by atoms with Gasteiger partial charge in [0.2, 0.25) is 6.54 Å². The molecule has 0 saturated heterocycles. The van der Waals surface area contributed by atoms with E-state index in [0.717, 1.165) is 5.56 Å². The largest absolute Gasteiger partial charge is 0.396 e. The minimum atomic E-state index is -0.340. The van der Waals surface area contributed by atoms with Gasteiger partial charge in [-0.15, -0.1) is 0 Å². The Bertz CT molecular complexity index is 287. The van der Waals surface area contributed by atoms with Gasteiger partial charge >= 0.3 is 0 Å². The van der Waals surface area contributed by atoms with Crippen molar-refractivity contribution in [2.45, 2.75) is 12.3 Å². The highest BCUT2D eigenvalue weighted by Gasteiger charge is 2.16. The van der Waals surface area contributed by atoms with Crippen LogP contribution >= 0.6 is 0 Å². The van der Waals surface area contributed by atoms with Crippen LogP contribution in [-0.2, 0) is 0 Å². The Morgan fingerprint density at radius 3 is 2.50 bits per heavy atom. The molecular weight excluding hydrogens is 182 g/mol. The summed E-state index contributed by atoms with van der Waals surface area (Å²) < 4.78 is 0. The van der Waals surface area contributed by atoms with Gasteiger partial charge in [0.1, 0.15) is 0 Å². The fourth-order valence-corrected chi connectivity index (χ4v) is 1.42. The van der Waals surface area contributed by atoms with Crippen LogP contribution in [-0.4, -0.2) is 23.2 Å². The van der Waals surface area contributed by atoms with Crippen LogP contribution in [0.2, 0.25) is 0 Å². The molecule has 0 aliphatic rings. The normalized spacial score (nSPS) is 12.4. The first-order valence-corrected chi connectivity index (χ1v) is 4.51. The summed E-state index contributed by atoms with van der Waals surface area (Å²) in [4.78, 5) is 10.0. The van der Waals surface area contributed by atoms with Gasteiger partial charge in [-0.1, -0.05) is 30.3 Å². The highest BCUT2D eigenvalue weighted by atomic mass is 16.6. The van der Waals surface area contributed by atoms with Crippen molar-refractivity contribution in [3.63, 3.8) is 0 Å². The van der Waals surface area contributed by atoms with Gasteiger partial charge in [-0.05, 0) is 12.0 Å². The molecule has 0 saturated carbocycles. The first kappa shape index (κ1) is 10.7. The summed E-state index contributed by atoms with van der Waals surface area (Å²) >= 11 is 0. The Morgan fingerprint density at radius 1 is 1.36 bits per heavy atom. The number of hydrogen-bond donors (Lipinski definition) is 1. The third-order valence-corrected chi connectivity index (χ3v) is 2.12. The number of nitro groups is 1. The van der Waals surface area contributed by atoms with Gasteiger partial charge in [0.05, 0.1) is 5.92 Å². The highest BCUT2D eigenvalue weighted by Crippen LogP contribution is 2.18. The quantitative estimate of drug-likeness (QED) is 0.571. The molecule has 76 valence electrons. The zero-order valence-corrected chi connectivity index (χ0v) is 7.80. The minimum absolute atomic E-state index is 0.0204. The summed E-state index contributed by atoms with van der Waals surface area (Å²) in [5.74, 6) is -0.184. The second-order valence-corrected chi connectivity index (χ2v) is 3.14. The number of nitrogens with zero attached hydrogens (tertiary/aromatic N) is 1. The van der Waals surface area contributed by atoms with Crippen LogP contribution in [0.5, 0.6) is 0 Å². The molecule has 0 heterocycles. The molecule has 0 aliphatic heterocycles. The lowest BCUT2D eigenvalue weighted by Gasteiger charge is -2.10. The number of hydrogen-bond acceptors (Lipinski definition) is 3. The van der Waals surface area contributed by atoms with E-state index < -0.39 is 0 Å². The van der Waals surface area contributed by atoms with Crippen LogP contribution in [0, 0.1) is 10.1 Å². The maximum atomic E-state index is 10.4. The Balaban J connectivity index is 2.72. The van der Waals surface area contributed by atoms with Gasteiger partial charge in [-0.25, -0.2) is 0 Å². The topological polar surface area (TPSA) is 63.4 Å². The highest BCUT2D eigenvalue weighted by molar-refractivity contribution is 5.19. The molecule has 4 heteroatoms. The first-order valence-electron chi connectivity index (χ1n) is 4.51. The van der Waals surface area contributed by atoms with Crippen molar-refractivity contribution >= 4 is 0 Å². The monoisotopic (exact) mass is 195 g/mol. The van der Waals surface area contributed by atoms with E-state index in [1.165, 1.54) is 0 Å². The lowest BCUT2D eigenvalue weighted by molar-refractivity contribution is -0.483. The fourth-order valence-electron chi connectivity index (χ4n) is 1.42. The Hall–Kier alpha value is -1.42. The van der Waals surface area contributed by atoms with Gasteiger partial charge < -0.3 is 5.11 Å². The summed E-state index contributed by atoms with van der Waals surface area (Å²) in [6.07, 6.45) is 0.436. The van der Waals surface area contributed by atoms with E-state index in [0.29, 0.717) is 6.42 Å². The predicted octanol–water partition coefficient (Wildman–Crippen LogP) is 1.43. The SMILES string of the molecule is O=[N+]([O-])C[C@@H](CCO)c1ccccc1. The van der Waals surface area contributed by atoms with Crippen molar-refractivity contribution < 1.29 is 10.0 Å². The van der Waals surface area contributed by atoms with Crippen LogP contribution in [0.25, 0.3) is 0 Å². The molecule has 0 spiro atoms. The van der Waals surface area contributed by atoms with Crippen molar-refractivity contribution in [3.8, 4) is 0 Å². The molecule has 0 aliphatic carbocycles. The molecule has 0 unspecified atom stereocenters. The first-order chi connectivity index (χ1) is 6.74. The smallest absolute Gasteiger partial charge is 0.210 e. The molecular formula is C10H13NO3. The van der Waals surface area contributed by atoms with Crippen LogP contribution in [0.4, 0.5) is 0 Å². The average Bonchev–Trinajstić information content (AvgIpc) is 2.18. The third kappa shape index (κ3) is 3.14. The molecule has 1 aromatic rings. The molecule has 4 nitrogen and oxygen atoms in total. The lowest BCUT2D eigenvalue weighted by Crippen LogP contribution is -2.13. The van der Waals surface area contributed by atoms with E-state index in [1.54, 1.807) is 0 Å². The molecule has 0 fully saturated rings. The molecule has 0 aromatic heterocycles. The van der Waals surface area contributed by atoms with Crippen molar-refractivity contribution in [3.05, 3.63) is 46.0 Å². The average molecular weight is 195 g/mol. The van der Waals surface area contributed by atoms with Gasteiger partial charge in [-0.3, -0.25) is 10.1 Å². The van der Waals surface area contributed by atoms with Crippen molar-refractivity contribution in [2.24, 2.45) is 0 Å². The van der Waals surface area contributed by atoms with Gasteiger partial charge in [0.25, 0.3) is 0 Å². The van der Waals surface area contributed by atoms with Crippen LogP contribution < -0.4 is 0 Å². The molecule has 1 N–H and O–H groups in total. The van der Waals surface area contributed by atoms with E-state index in [-0.39, 0.29) is 24.0 Å². The van der Waals surface area contributed by atoms with Gasteiger partial charge in [0.15, 0.2) is 0 Å². The zero-order valence-electron chi connectivity index (χ0n) is 7.80. The zero-order chi connectivity index (χ0) is 10.4. The van der Waals surface area contributed by atoms with Gasteiger partial charge in [0, 0.05) is 11.5 Å². The molecule has 0 amide bonds. The number of aliphatic hydroxyl groups excluding tert-OH is 1. The number of benzene rings is 1. The summed E-state index contributed by atoms with van der Waals surface area (Å²) in [5.41, 5.74) is 0.915.